The predicted molar refractivity (Wildman–Crippen MR) is 111 cm³/mol. The molecule has 3 rings (SSSR count). The number of hydrogen-bond donors (Lipinski definition) is 1. The molecule has 1 aromatic rings. The molecule has 1 aromatic carbocycles. The minimum atomic E-state index is -0.339. The maximum absolute atomic E-state index is 13.0. The summed E-state index contributed by atoms with van der Waals surface area (Å²) in [5.41, 5.74) is 5.99. The summed E-state index contributed by atoms with van der Waals surface area (Å²) in [5.74, 6) is 0.520. The summed E-state index contributed by atoms with van der Waals surface area (Å²) in [6.45, 7) is 7.45. The number of carbonyl (C=O) groups is 2. The van der Waals surface area contributed by atoms with Crippen molar-refractivity contribution in [2.24, 2.45) is 11.7 Å². The van der Waals surface area contributed by atoms with E-state index in [4.69, 9.17) is 15.2 Å². The monoisotopic (exact) mass is 403 g/mol. The van der Waals surface area contributed by atoms with Crippen molar-refractivity contribution in [2.45, 2.75) is 51.7 Å². The molecule has 1 atom stereocenters. The zero-order valence-electron chi connectivity index (χ0n) is 17.7. The van der Waals surface area contributed by atoms with E-state index in [1.165, 1.54) is 0 Å². The topological polar surface area (TPSA) is 85.1 Å². The fourth-order valence-electron chi connectivity index (χ4n) is 4.17. The summed E-state index contributed by atoms with van der Waals surface area (Å²) in [7, 11) is 1.60. The number of methoxy groups -OCH3 is 1. The Morgan fingerprint density at radius 1 is 1.10 bits per heavy atom. The largest absolute Gasteiger partial charge is 0.493 e. The third-order valence-corrected chi connectivity index (χ3v) is 6.02. The molecule has 2 saturated heterocycles. The van der Waals surface area contributed by atoms with E-state index in [1.807, 2.05) is 0 Å². The number of nitrogens with zero attached hydrogens (tertiary/aromatic N) is 2. The minimum Gasteiger partial charge on any atom is -0.493 e. The zero-order chi connectivity index (χ0) is 21.0. The van der Waals surface area contributed by atoms with Crippen molar-refractivity contribution in [3.8, 4) is 11.5 Å². The van der Waals surface area contributed by atoms with Crippen molar-refractivity contribution in [1.82, 2.24) is 9.80 Å². The van der Waals surface area contributed by atoms with Gasteiger partial charge in [0.25, 0.3) is 5.91 Å². The van der Waals surface area contributed by atoms with Gasteiger partial charge in [-0.2, -0.15) is 0 Å². The first-order valence-electron chi connectivity index (χ1n) is 10.6. The molecule has 0 unspecified atom stereocenters. The lowest BCUT2D eigenvalue weighted by molar-refractivity contribution is -0.123. The predicted octanol–water partition coefficient (Wildman–Crippen LogP) is 2.28. The van der Waals surface area contributed by atoms with Crippen LogP contribution in [0.15, 0.2) is 18.2 Å². The van der Waals surface area contributed by atoms with Crippen LogP contribution in [0.3, 0.4) is 0 Å². The van der Waals surface area contributed by atoms with Crippen LogP contribution in [0, 0.1) is 5.92 Å². The highest BCUT2D eigenvalue weighted by atomic mass is 16.5. The van der Waals surface area contributed by atoms with E-state index < -0.39 is 0 Å². The van der Waals surface area contributed by atoms with Gasteiger partial charge in [-0.25, -0.2) is 0 Å². The Kier molecular flexibility index (Phi) is 7.00. The van der Waals surface area contributed by atoms with Gasteiger partial charge in [0.15, 0.2) is 11.5 Å². The fraction of sp³-hybridized carbons (Fsp3) is 0.636. The number of carbonyl (C=O) groups excluding carboxylic acids is 2. The van der Waals surface area contributed by atoms with E-state index in [0.29, 0.717) is 36.2 Å². The second-order valence-corrected chi connectivity index (χ2v) is 8.31. The van der Waals surface area contributed by atoms with Crippen molar-refractivity contribution in [1.29, 1.82) is 0 Å². The zero-order valence-corrected chi connectivity index (χ0v) is 17.7. The van der Waals surface area contributed by atoms with E-state index in [9.17, 15) is 9.59 Å². The van der Waals surface area contributed by atoms with E-state index in [-0.39, 0.29) is 23.8 Å². The highest BCUT2D eigenvalue weighted by molar-refractivity contribution is 5.95. The normalized spacial score (nSPS) is 21.2. The molecule has 7 heteroatoms. The summed E-state index contributed by atoms with van der Waals surface area (Å²) >= 11 is 0. The Bertz CT molecular complexity index is 729. The molecule has 7 nitrogen and oxygen atoms in total. The average molecular weight is 404 g/mol. The number of piperidine rings is 2. The van der Waals surface area contributed by atoms with Gasteiger partial charge in [0, 0.05) is 37.8 Å². The lowest BCUT2D eigenvalue weighted by Gasteiger charge is -2.35. The van der Waals surface area contributed by atoms with Crippen LogP contribution in [-0.4, -0.2) is 67.0 Å². The number of amides is 2. The first-order chi connectivity index (χ1) is 13.9. The van der Waals surface area contributed by atoms with Crippen LogP contribution in [-0.2, 0) is 4.79 Å². The molecule has 0 radical (unpaired) electrons. The quantitative estimate of drug-likeness (QED) is 0.788. The van der Waals surface area contributed by atoms with Gasteiger partial charge in [-0.15, -0.1) is 0 Å². The Morgan fingerprint density at radius 2 is 1.83 bits per heavy atom. The van der Waals surface area contributed by atoms with Gasteiger partial charge in [0.1, 0.15) is 6.10 Å². The first kappa shape index (κ1) is 21.4. The minimum absolute atomic E-state index is 0.0990. The molecular formula is C22H33N3O4. The van der Waals surface area contributed by atoms with Crippen molar-refractivity contribution in [2.75, 3.05) is 33.3 Å². The van der Waals surface area contributed by atoms with Crippen molar-refractivity contribution < 1.29 is 19.1 Å². The Morgan fingerprint density at radius 3 is 2.45 bits per heavy atom. The summed E-state index contributed by atoms with van der Waals surface area (Å²) in [5, 5.41) is 0. The van der Waals surface area contributed by atoms with Crippen LogP contribution in [0.25, 0.3) is 0 Å². The molecule has 0 bridgehead atoms. The van der Waals surface area contributed by atoms with E-state index in [0.717, 1.165) is 38.8 Å². The summed E-state index contributed by atoms with van der Waals surface area (Å²) in [6, 6.07) is 5.84. The van der Waals surface area contributed by atoms with Gasteiger partial charge in [0.05, 0.1) is 13.0 Å². The molecule has 2 amide bonds. The summed E-state index contributed by atoms with van der Waals surface area (Å²) < 4.78 is 11.7. The molecule has 0 aromatic heterocycles. The van der Waals surface area contributed by atoms with Crippen LogP contribution in [0.5, 0.6) is 11.5 Å². The second-order valence-electron chi connectivity index (χ2n) is 8.31. The number of nitrogens with two attached hydrogens (primary N) is 1. The Hall–Kier alpha value is -2.28. The molecular weight excluding hydrogens is 370 g/mol. The van der Waals surface area contributed by atoms with Gasteiger partial charge >= 0.3 is 0 Å². The Labute approximate surface area is 173 Å². The molecule has 0 saturated carbocycles. The number of likely N-dealkylation sites (tertiary alicyclic amines) is 2. The summed E-state index contributed by atoms with van der Waals surface area (Å²) in [4.78, 5) is 28.7. The van der Waals surface area contributed by atoms with Gasteiger partial charge in [-0.05, 0) is 57.7 Å². The number of rotatable bonds is 6. The number of benzene rings is 1. The third kappa shape index (κ3) is 5.21. The first-order valence-corrected chi connectivity index (χ1v) is 10.6. The lowest BCUT2D eigenvalue weighted by atomic mass is 9.97. The second kappa shape index (κ2) is 9.48. The summed E-state index contributed by atoms with van der Waals surface area (Å²) in [6.07, 6.45) is 3.54. The van der Waals surface area contributed by atoms with Crippen LogP contribution < -0.4 is 15.2 Å². The van der Waals surface area contributed by atoms with Crippen LogP contribution in [0.2, 0.25) is 0 Å². The molecule has 2 aliphatic heterocycles. The lowest BCUT2D eigenvalue weighted by Crippen LogP contribution is -2.44. The average Bonchev–Trinajstić information content (AvgIpc) is 2.73. The standard InChI is InChI=1S/C22H33N3O4/c1-15(2)24-11-8-18(9-12-24)29-20-13-16(6-7-19(20)28-3)22(27)25-10-4-5-17(14-25)21(23)26/h6-7,13,15,17-18H,4-5,8-12,14H2,1-3H3,(H2,23,26)/t17-/m0/s1. The van der Waals surface area contributed by atoms with Gasteiger partial charge in [0.2, 0.25) is 5.91 Å². The van der Waals surface area contributed by atoms with E-state index in [1.54, 1.807) is 30.2 Å². The van der Waals surface area contributed by atoms with Crippen molar-refractivity contribution >= 4 is 11.8 Å². The molecule has 29 heavy (non-hydrogen) atoms. The number of ether oxygens (including phenoxy) is 2. The van der Waals surface area contributed by atoms with Crippen molar-refractivity contribution in [3.63, 3.8) is 0 Å². The number of hydrogen-bond acceptors (Lipinski definition) is 5. The highest BCUT2D eigenvalue weighted by Gasteiger charge is 2.28. The smallest absolute Gasteiger partial charge is 0.254 e. The van der Waals surface area contributed by atoms with Crippen LogP contribution in [0.1, 0.15) is 49.9 Å². The van der Waals surface area contributed by atoms with Crippen molar-refractivity contribution in [3.05, 3.63) is 23.8 Å². The number of primary amides is 1. The van der Waals surface area contributed by atoms with Gasteiger partial charge in [-0.1, -0.05) is 0 Å². The maximum Gasteiger partial charge on any atom is 0.254 e. The maximum atomic E-state index is 13.0. The molecule has 0 spiro atoms. The van der Waals surface area contributed by atoms with Gasteiger partial charge < -0.3 is 25.0 Å². The SMILES string of the molecule is COc1ccc(C(=O)N2CCC[C@H](C(N)=O)C2)cc1OC1CCN(C(C)C)CC1. The fourth-order valence-corrected chi connectivity index (χ4v) is 4.17. The molecule has 160 valence electrons. The van der Waals surface area contributed by atoms with Crippen LogP contribution in [0.4, 0.5) is 0 Å². The van der Waals surface area contributed by atoms with E-state index in [2.05, 4.69) is 18.7 Å². The molecule has 2 fully saturated rings. The molecule has 2 aliphatic rings. The third-order valence-electron chi connectivity index (χ3n) is 6.02. The molecule has 2 N–H and O–H groups in total. The van der Waals surface area contributed by atoms with Gasteiger partial charge in [-0.3, -0.25) is 9.59 Å². The highest BCUT2D eigenvalue weighted by Crippen LogP contribution is 2.32. The Balaban J connectivity index is 1.70. The molecule has 0 aliphatic carbocycles. The van der Waals surface area contributed by atoms with Crippen LogP contribution >= 0.6 is 0 Å². The van der Waals surface area contributed by atoms with E-state index >= 15 is 0 Å². The molecule has 2 heterocycles.